The van der Waals surface area contributed by atoms with Gasteiger partial charge in [-0.25, -0.2) is 9.97 Å². The fourth-order valence-corrected chi connectivity index (χ4v) is 8.37. The van der Waals surface area contributed by atoms with Crippen molar-refractivity contribution in [3.8, 4) is 73.7 Å². The molecule has 63 heavy (non-hydrogen) atoms. The van der Waals surface area contributed by atoms with E-state index < -0.39 is 0 Å². The first kappa shape index (κ1) is 39.2. The lowest BCUT2D eigenvalue weighted by atomic mass is 9.92. The number of fused-ring (bicyclic) bond motifs is 3. The topological polar surface area (TPSA) is 75.0 Å². The summed E-state index contributed by atoms with van der Waals surface area (Å²) in [6.07, 6.45) is 7.50. The Bertz CT molecular complexity index is 3040. The zero-order chi connectivity index (χ0) is 42.9. The van der Waals surface area contributed by atoms with Crippen molar-refractivity contribution in [1.29, 1.82) is 0 Å². The van der Waals surface area contributed by atoms with Crippen molar-refractivity contribution in [2.24, 2.45) is 0 Å². The molecule has 0 aliphatic rings. The van der Waals surface area contributed by atoms with Gasteiger partial charge in [0.15, 0.2) is 0 Å². The molecule has 7 nitrogen and oxygen atoms in total. The molecule has 0 fully saturated rings. The predicted molar refractivity (Wildman–Crippen MR) is 255 cm³/mol. The molecule has 0 atom stereocenters. The van der Waals surface area contributed by atoms with E-state index in [2.05, 4.69) is 127 Å². The van der Waals surface area contributed by atoms with Crippen molar-refractivity contribution in [3.63, 3.8) is 0 Å². The number of hydrogen-bond donors (Lipinski definition) is 0. The average Bonchev–Trinajstić information content (AvgIpc) is 3.64. The maximum absolute atomic E-state index is 6.59. The highest BCUT2D eigenvalue weighted by Crippen LogP contribution is 2.39. The minimum Gasteiger partial charge on any atom is -0.457 e. The fourth-order valence-electron chi connectivity index (χ4n) is 8.37. The lowest BCUT2D eigenvalue weighted by Gasteiger charge is -2.15. The second-order valence-corrected chi connectivity index (χ2v) is 16.4. The molecule has 6 aromatic carbocycles. The van der Waals surface area contributed by atoms with Gasteiger partial charge in [-0.15, -0.1) is 0 Å². The molecule has 0 saturated heterocycles. The van der Waals surface area contributed by atoms with Gasteiger partial charge in [-0.2, -0.15) is 0 Å². The van der Waals surface area contributed by atoms with Crippen LogP contribution in [0.15, 0.2) is 189 Å². The summed E-state index contributed by atoms with van der Waals surface area (Å²) in [6, 6.07) is 55.7. The maximum Gasteiger partial charge on any atom is 0.234 e. The van der Waals surface area contributed by atoms with E-state index in [9.17, 15) is 0 Å². The molecule has 4 heterocycles. The van der Waals surface area contributed by atoms with E-state index in [0.717, 1.165) is 55.4 Å². The van der Waals surface area contributed by atoms with E-state index >= 15 is 0 Å². The molecule has 0 bridgehead atoms. The Balaban J connectivity index is 0.966. The molecular weight excluding hydrogens is 775 g/mol. The number of hydrogen-bond acceptors (Lipinski definition) is 6. The van der Waals surface area contributed by atoms with E-state index in [4.69, 9.17) is 19.4 Å². The normalized spacial score (nSPS) is 11.5. The summed E-state index contributed by atoms with van der Waals surface area (Å²) in [5.41, 5.74) is 12.7. The molecule has 10 rings (SSSR count). The Kier molecular flexibility index (Phi) is 10.5. The summed E-state index contributed by atoms with van der Waals surface area (Å²) in [7, 11) is 0. The number of aromatic nitrogens is 5. The van der Waals surface area contributed by atoms with E-state index in [0.29, 0.717) is 40.8 Å². The van der Waals surface area contributed by atoms with Crippen LogP contribution in [0.3, 0.4) is 0 Å². The van der Waals surface area contributed by atoms with Crippen LogP contribution in [-0.4, -0.2) is 24.5 Å². The van der Waals surface area contributed by atoms with Crippen LogP contribution in [0.1, 0.15) is 50.7 Å². The molecule has 0 N–H and O–H groups in total. The van der Waals surface area contributed by atoms with Crippen LogP contribution in [0.25, 0.3) is 72.5 Å². The number of ether oxygens (including phenoxy) is 2. The van der Waals surface area contributed by atoms with Gasteiger partial charge >= 0.3 is 0 Å². The van der Waals surface area contributed by atoms with E-state index in [1.165, 1.54) is 22.3 Å². The van der Waals surface area contributed by atoms with Crippen LogP contribution in [0, 0.1) is 0 Å². The monoisotopic (exact) mass is 819 g/mol. The fraction of sp³-hybridized carbons (Fsp3) is 0.107. The maximum atomic E-state index is 6.59. The summed E-state index contributed by atoms with van der Waals surface area (Å²) in [5, 5.41) is 2.09. The van der Waals surface area contributed by atoms with Crippen LogP contribution in [-0.2, 0) is 0 Å². The Morgan fingerprint density at radius 1 is 0.397 bits per heavy atom. The standard InChI is InChI=1S/C56H45N5O2/c1-36(2)48-32-52(59-34-50(48)38-14-7-5-8-15-38)40-18-11-20-42(28-40)62-44-22-24-46-47-25-23-45(31-55(47)61(54(46)30-44)56-57-26-13-27-58-56)63-43-21-12-19-41(29-43)53-33-49(37(3)4)51(35-60-53)39-16-9-6-10-17-39/h5-37H,1-4H3. The highest BCUT2D eigenvalue weighted by atomic mass is 16.5. The zero-order valence-corrected chi connectivity index (χ0v) is 35.6. The van der Waals surface area contributed by atoms with Crippen molar-refractivity contribution in [3.05, 3.63) is 200 Å². The predicted octanol–water partition coefficient (Wildman–Crippen LogP) is 14.9. The molecule has 0 saturated carbocycles. The SMILES string of the molecule is CC(C)c1cc(-c2cccc(Oc3ccc4c5ccc(Oc6cccc(-c7cc(C(C)C)c(-c8ccccc8)cn7)c6)cc5n(-c5ncccn5)c4c3)c2)ncc1-c1ccccc1. The quantitative estimate of drug-likeness (QED) is 0.129. The molecule has 0 amide bonds. The number of rotatable bonds is 11. The summed E-state index contributed by atoms with van der Waals surface area (Å²) < 4.78 is 15.3. The van der Waals surface area contributed by atoms with Gasteiger partial charge in [-0.1, -0.05) is 113 Å². The summed E-state index contributed by atoms with van der Waals surface area (Å²) in [5.74, 6) is 4.01. The zero-order valence-electron chi connectivity index (χ0n) is 35.6. The van der Waals surface area contributed by atoms with Crippen molar-refractivity contribution < 1.29 is 9.47 Å². The van der Waals surface area contributed by atoms with Gasteiger partial charge < -0.3 is 9.47 Å². The molecule has 0 radical (unpaired) electrons. The average molecular weight is 820 g/mol. The van der Waals surface area contributed by atoms with Gasteiger partial charge in [-0.05, 0) is 101 Å². The van der Waals surface area contributed by atoms with Crippen molar-refractivity contribution in [1.82, 2.24) is 24.5 Å². The first-order chi connectivity index (χ1) is 30.9. The third-order valence-corrected chi connectivity index (χ3v) is 11.5. The minimum absolute atomic E-state index is 0.326. The van der Waals surface area contributed by atoms with Gasteiger partial charge in [0.25, 0.3) is 0 Å². The second-order valence-electron chi connectivity index (χ2n) is 16.4. The summed E-state index contributed by atoms with van der Waals surface area (Å²) in [6.45, 7) is 8.89. The first-order valence-corrected chi connectivity index (χ1v) is 21.4. The number of nitrogens with zero attached hydrogens (tertiary/aromatic N) is 5. The Labute approximate surface area is 367 Å². The van der Waals surface area contributed by atoms with Gasteiger partial charge in [0.05, 0.1) is 22.4 Å². The van der Waals surface area contributed by atoms with Crippen molar-refractivity contribution in [2.45, 2.75) is 39.5 Å². The molecule has 306 valence electrons. The molecule has 0 spiro atoms. The first-order valence-electron chi connectivity index (χ1n) is 21.4. The highest BCUT2D eigenvalue weighted by Gasteiger charge is 2.18. The molecular formula is C56H45N5O2. The van der Waals surface area contributed by atoms with Crippen molar-refractivity contribution >= 4 is 21.8 Å². The van der Waals surface area contributed by atoms with Crippen LogP contribution >= 0.6 is 0 Å². The third-order valence-electron chi connectivity index (χ3n) is 11.5. The molecule has 0 aliphatic carbocycles. The van der Waals surface area contributed by atoms with Gasteiger partial charge in [0, 0.05) is 69.9 Å². The van der Waals surface area contributed by atoms with Gasteiger partial charge in [0.2, 0.25) is 5.95 Å². The second kappa shape index (κ2) is 16.9. The molecule has 0 aliphatic heterocycles. The van der Waals surface area contributed by atoms with Crippen LogP contribution in [0.4, 0.5) is 0 Å². The molecule has 10 aromatic rings. The smallest absolute Gasteiger partial charge is 0.234 e. The van der Waals surface area contributed by atoms with Crippen LogP contribution in [0.5, 0.6) is 23.0 Å². The van der Waals surface area contributed by atoms with Gasteiger partial charge in [-0.3, -0.25) is 14.5 Å². The minimum atomic E-state index is 0.326. The third kappa shape index (κ3) is 7.93. The summed E-state index contributed by atoms with van der Waals surface area (Å²) >= 11 is 0. The van der Waals surface area contributed by atoms with E-state index in [1.807, 2.05) is 91.3 Å². The van der Waals surface area contributed by atoms with Gasteiger partial charge in [0.1, 0.15) is 23.0 Å². The molecule has 4 aromatic heterocycles. The Hall–Kier alpha value is -7.90. The molecule has 7 heteroatoms. The van der Waals surface area contributed by atoms with E-state index in [-0.39, 0.29) is 0 Å². The largest absolute Gasteiger partial charge is 0.457 e. The van der Waals surface area contributed by atoms with Crippen LogP contribution in [0.2, 0.25) is 0 Å². The Morgan fingerprint density at radius 2 is 0.825 bits per heavy atom. The number of pyridine rings is 2. The van der Waals surface area contributed by atoms with Crippen LogP contribution < -0.4 is 9.47 Å². The van der Waals surface area contributed by atoms with E-state index in [1.54, 1.807) is 12.4 Å². The summed E-state index contributed by atoms with van der Waals surface area (Å²) in [4.78, 5) is 19.2. The number of benzene rings is 6. The van der Waals surface area contributed by atoms with Crippen molar-refractivity contribution in [2.75, 3.05) is 0 Å². The molecule has 0 unspecified atom stereocenters. The lowest BCUT2D eigenvalue weighted by molar-refractivity contribution is 0.483. The highest BCUT2D eigenvalue weighted by molar-refractivity contribution is 6.09. The Morgan fingerprint density at radius 3 is 1.27 bits per heavy atom. The lowest BCUT2D eigenvalue weighted by Crippen LogP contribution is -2.00.